The van der Waals surface area contributed by atoms with Crippen molar-refractivity contribution in [2.24, 2.45) is 5.92 Å². The predicted molar refractivity (Wildman–Crippen MR) is 121 cm³/mol. The summed E-state index contributed by atoms with van der Waals surface area (Å²) in [7, 11) is 3.31. The Bertz CT molecular complexity index is 960. The van der Waals surface area contributed by atoms with Crippen molar-refractivity contribution >= 4 is 17.6 Å². The van der Waals surface area contributed by atoms with E-state index in [0.717, 1.165) is 29.7 Å². The Morgan fingerprint density at radius 2 is 2.10 bits per heavy atom. The molecule has 0 spiro atoms. The fraction of sp³-hybridized carbons (Fsp3) is 0.440. The molecule has 1 aliphatic carbocycles. The number of ketones is 2. The summed E-state index contributed by atoms with van der Waals surface area (Å²) < 4.78 is 5.25. The lowest BCUT2D eigenvalue weighted by atomic mass is 9.76. The van der Waals surface area contributed by atoms with Gasteiger partial charge < -0.3 is 20.1 Å². The standard InChI is InChI=1S/C25H32N2O4/c1-4-5-19-20-10-11-27-22(20)9-8-21(19)23(29)14-18(28)7-6-16-12-17(15-26-2)25(30)24(13-16)31-3/h8-13,19,21,26-27,30H,4-7,14-15H2,1-3H3. The van der Waals surface area contributed by atoms with Crippen LogP contribution in [0.25, 0.3) is 6.08 Å². The van der Waals surface area contributed by atoms with Gasteiger partial charge in [-0.05, 0) is 55.1 Å². The molecular formula is C25H32N2O4. The van der Waals surface area contributed by atoms with Gasteiger partial charge in [0.25, 0.3) is 0 Å². The van der Waals surface area contributed by atoms with Crippen LogP contribution in [0.5, 0.6) is 11.5 Å². The molecule has 0 saturated carbocycles. The molecule has 166 valence electrons. The fourth-order valence-electron chi connectivity index (χ4n) is 4.41. The number of ether oxygens (including phenoxy) is 1. The van der Waals surface area contributed by atoms with Crippen molar-refractivity contribution in [3.05, 3.63) is 52.9 Å². The van der Waals surface area contributed by atoms with E-state index in [0.29, 0.717) is 18.7 Å². The number of hydrogen-bond donors (Lipinski definition) is 3. The van der Waals surface area contributed by atoms with E-state index in [1.165, 1.54) is 12.7 Å². The average molecular weight is 425 g/mol. The predicted octanol–water partition coefficient (Wildman–Crippen LogP) is 4.14. The number of aromatic nitrogens is 1. The van der Waals surface area contributed by atoms with Crippen molar-refractivity contribution in [1.29, 1.82) is 0 Å². The lowest BCUT2D eigenvalue weighted by Crippen LogP contribution is -2.25. The second-order valence-corrected chi connectivity index (χ2v) is 8.14. The van der Waals surface area contributed by atoms with Gasteiger partial charge >= 0.3 is 0 Å². The summed E-state index contributed by atoms with van der Waals surface area (Å²) in [6.07, 6.45) is 8.45. The van der Waals surface area contributed by atoms with Gasteiger partial charge in [0.1, 0.15) is 11.6 Å². The Hall–Kier alpha value is -2.86. The number of benzene rings is 1. The first-order valence-electron chi connectivity index (χ1n) is 10.9. The minimum atomic E-state index is -0.247. The van der Waals surface area contributed by atoms with E-state index in [9.17, 15) is 14.7 Å². The van der Waals surface area contributed by atoms with Crippen LogP contribution in [0.4, 0.5) is 0 Å². The molecule has 3 rings (SSSR count). The lowest BCUT2D eigenvalue weighted by Gasteiger charge is -2.26. The molecule has 0 amide bonds. The molecule has 1 aliphatic rings. The molecule has 2 unspecified atom stereocenters. The molecule has 2 atom stereocenters. The molecule has 1 heterocycles. The van der Waals surface area contributed by atoms with Gasteiger partial charge in [-0.15, -0.1) is 0 Å². The Balaban J connectivity index is 1.63. The molecule has 6 nitrogen and oxygen atoms in total. The van der Waals surface area contributed by atoms with Crippen molar-refractivity contribution in [2.75, 3.05) is 14.2 Å². The smallest absolute Gasteiger partial charge is 0.162 e. The SMILES string of the molecule is CCCC1c2cc[nH]c2C=CC1C(=O)CC(=O)CCc1cc(CNC)c(O)c(OC)c1. The maximum absolute atomic E-state index is 13.0. The number of rotatable bonds is 11. The third-order valence-corrected chi connectivity index (χ3v) is 5.95. The molecule has 0 aliphatic heterocycles. The molecule has 0 radical (unpaired) electrons. The average Bonchev–Trinajstić information content (AvgIpc) is 3.24. The highest BCUT2D eigenvalue weighted by molar-refractivity contribution is 6.01. The van der Waals surface area contributed by atoms with E-state index in [4.69, 9.17) is 4.74 Å². The van der Waals surface area contributed by atoms with Crippen molar-refractivity contribution in [3.63, 3.8) is 0 Å². The van der Waals surface area contributed by atoms with Gasteiger partial charge in [0.15, 0.2) is 11.5 Å². The van der Waals surface area contributed by atoms with Gasteiger partial charge in [-0.2, -0.15) is 0 Å². The molecule has 1 aromatic carbocycles. The monoisotopic (exact) mass is 424 g/mol. The van der Waals surface area contributed by atoms with Gasteiger partial charge in [-0.25, -0.2) is 0 Å². The minimum Gasteiger partial charge on any atom is -0.504 e. The molecule has 0 saturated heterocycles. The maximum atomic E-state index is 13.0. The zero-order valence-corrected chi connectivity index (χ0v) is 18.5. The van der Waals surface area contributed by atoms with Crippen LogP contribution in [0, 0.1) is 5.92 Å². The van der Waals surface area contributed by atoms with Crippen LogP contribution in [-0.2, 0) is 22.6 Å². The highest BCUT2D eigenvalue weighted by Gasteiger charge is 2.32. The number of hydrogen-bond acceptors (Lipinski definition) is 5. The van der Waals surface area contributed by atoms with Gasteiger partial charge in [0.2, 0.25) is 0 Å². The van der Waals surface area contributed by atoms with Crippen LogP contribution in [0.2, 0.25) is 0 Å². The number of phenols is 1. The van der Waals surface area contributed by atoms with E-state index in [-0.39, 0.29) is 42.0 Å². The third-order valence-electron chi connectivity index (χ3n) is 5.95. The number of nitrogens with one attached hydrogen (secondary N) is 2. The van der Waals surface area contributed by atoms with Gasteiger partial charge in [0.05, 0.1) is 13.5 Å². The van der Waals surface area contributed by atoms with Crippen LogP contribution in [0.3, 0.4) is 0 Å². The molecule has 1 aromatic heterocycles. The number of methoxy groups -OCH3 is 1. The maximum Gasteiger partial charge on any atom is 0.162 e. The van der Waals surface area contributed by atoms with Crippen LogP contribution in [-0.4, -0.2) is 35.8 Å². The molecule has 3 N–H and O–H groups in total. The number of phenolic OH excluding ortho intramolecular Hbond substituents is 1. The highest BCUT2D eigenvalue weighted by atomic mass is 16.5. The van der Waals surface area contributed by atoms with Crippen molar-refractivity contribution in [1.82, 2.24) is 10.3 Å². The first kappa shape index (κ1) is 22.8. The van der Waals surface area contributed by atoms with Gasteiger partial charge in [0, 0.05) is 36.3 Å². The molecule has 2 aromatic rings. The summed E-state index contributed by atoms with van der Waals surface area (Å²) in [4.78, 5) is 28.8. The van der Waals surface area contributed by atoms with Gasteiger partial charge in [-0.3, -0.25) is 9.59 Å². The van der Waals surface area contributed by atoms with Crippen molar-refractivity contribution < 1.29 is 19.4 Å². The molecule has 31 heavy (non-hydrogen) atoms. The third kappa shape index (κ3) is 5.25. The number of aromatic amines is 1. The number of H-pyrrole nitrogens is 1. The summed E-state index contributed by atoms with van der Waals surface area (Å²) in [5, 5.41) is 13.2. The number of allylic oxidation sites excluding steroid dienone is 1. The quantitative estimate of drug-likeness (QED) is 0.472. The van der Waals surface area contributed by atoms with E-state index >= 15 is 0 Å². The second-order valence-electron chi connectivity index (χ2n) is 8.14. The molecule has 6 heteroatoms. The summed E-state index contributed by atoms with van der Waals surface area (Å²) in [6.45, 7) is 2.61. The Morgan fingerprint density at radius 3 is 2.81 bits per heavy atom. The number of carbonyl (C=O) groups is 2. The Morgan fingerprint density at radius 1 is 1.29 bits per heavy atom. The molecule has 0 bridgehead atoms. The number of Topliss-reactive ketones (excluding diaryl/α,β-unsaturated/α-hetero) is 2. The van der Waals surface area contributed by atoms with Gasteiger partial charge in [-0.1, -0.05) is 25.5 Å². The first-order valence-corrected chi connectivity index (χ1v) is 10.9. The normalized spacial score (nSPS) is 17.4. The van der Waals surface area contributed by atoms with Crippen LogP contribution < -0.4 is 10.1 Å². The van der Waals surface area contributed by atoms with Crippen molar-refractivity contribution in [2.45, 2.75) is 51.5 Å². The summed E-state index contributed by atoms with van der Waals surface area (Å²) in [5.74, 6) is 0.312. The largest absolute Gasteiger partial charge is 0.504 e. The Labute approximate surface area is 183 Å². The van der Waals surface area contributed by atoms with E-state index < -0.39 is 0 Å². The van der Waals surface area contributed by atoms with E-state index in [1.54, 1.807) is 13.1 Å². The number of carbonyl (C=O) groups excluding carboxylic acids is 2. The first-order chi connectivity index (χ1) is 15.0. The fourth-order valence-corrected chi connectivity index (χ4v) is 4.41. The number of aryl methyl sites for hydroxylation is 1. The summed E-state index contributed by atoms with van der Waals surface area (Å²) >= 11 is 0. The molecular weight excluding hydrogens is 392 g/mol. The van der Waals surface area contributed by atoms with Crippen LogP contribution in [0.15, 0.2) is 30.5 Å². The van der Waals surface area contributed by atoms with Crippen molar-refractivity contribution in [3.8, 4) is 11.5 Å². The lowest BCUT2D eigenvalue weighted by molar-refractivity contribution is -0.128. The zero-order chi connectivity index (χ0) is 22.4. The zero-order valence-electron chi connectivity index (χ0n) is 18.5. The van der Waals surface area contributed by atoms with Crippen LogP contribution in [0.1, 0.15) is 60.9 Å². The summed E-state index contributed by atoms with van der Waals surface area (Å²) in [6, 6.07) is 5.67. The van der Waals surface area contributed by atoms with E-state index in [1.807, 2.05) is 30.5 Å². The number of fused-ring (bicyclic) bond motifs is 1. The van der Waals surface area contributed by atoms with Crippen LogP contribution >= 0.6 is 0 Å². The second kappa shape index (κ2) is 10.4. The Kier molecular flexibility index (Phi) is 7.69. The number of aromatic hydroxyl groups is 1. The minimum absolute atomic E-state index is 0.00860. The topological polar surface area (TPSA) is 91.4 Å². The highest BCUT2D eigenvalue weighted by Crippen LogP contribution is 2.38. The van der Waals surface area contributed by atoms with E-state index in [2.05, 4.69) is 17.2 Å². The molecule has 0 fully saturated rings. The summed E-state index contributed by atoms with van der Waals surface area (Å²) in [5.41, 5.74) is 3.85.